The van der Waals surface area contributed by atoms with Gasteiger partial charge in [-0.05, 0) is 0 Å². The monoisotopic (exact) mass is 132 g/mol. The predicted octanol–water partition coefficient (Wildman–Crippen LogP) is 1.17. The topological polar surface area (TPSA) is 29.4 Å². The number of hydrogen-bond donors (Lipinski definition) is 0. The highest BCUT2D eigenvalue weighted by Gasteiger charge is 2.26. The van der Waals surface area contributed by atoms with E-state index in [-0.39, 0.29) is 0 Å². The van der Waals surface area contributed by atoms with Gasteiger partial charge in [0.25, 0.3) is 0 Å². The molecule has 0 aliphatic heterocycles. The molecule has 0 aromatic heterocycles. The molecule has 1 aliphatic carbocycles. The van der Waals surface area contributed by atoms with Gasteiger partial charge in [-0.2, -0.15) is 10.6 Å². The van der Waals surface area contributed by atoms with E-state index >= 15 is 0 Å². The SMILES string of the molecule is CN=[S-](=O)C1CC1C. The molecular formula is C5H10NOS-. The summed E-state index contributed by atoms with van der Waals surface area (Å²) < 4.78 is 14.4. The molecule has 1 fully saturated rings. The van der Waals surface area contributed by atoms with E-state index in [9.17, 15) is 4.21 Å². The van der Waals surface area contributed by atoms with Crippen LogP contribution < -0.4 is 0 Å². The van der Waals surface area contributed by atoms with Crippen molar-refractivity contribution in [2.45, 2.75) is 18.6 Å². The van der Waals surface area contributed by atoms with E-state index in [2.05, 4.69) is 11.3 Å². The van der Waals surface area contributed by atoms with Gasteiger partial charge >= 0.3 is 0 Å². The Kier molecular flexibility index (Phi) is 1.56. The maximum atomic E-state index is 10.7. The number of nitrogens with zero attached hydrogens (tertiary/aromatic N) is 1. The Morgan fingerprint density at radius 1 is 1.75 bits per heavy atom. The quantitative estimate of drug-likeness (QED) is 0.492. The summed E-state index contributed by atoms with van der Waals surface area (Å²) in [6.45, 7) is 2.10. The third-order valence-corrected chi connectivity index (χ3v) is 3.01. The first-order valence-corrected chi connectivity index (χ1v) is 3.93. The molecule has 3 heteroatoms. The fourth-order valence-corrected chi connectivity index (χ4v) is 1.84. The van der Waals surface area contributed by atoms with E-state index in [1.165, 1.54) is 0 Å². The minimum Gasteiger partial charge on any atom is -0.444 e. The van der Waals surface area contributed by atoms with Gasteiger partial charge in [-0.25, -0.2) is 0 Å². The Morgan fingerprint density at radius 2 is 2.25 bits per heavy atom. The number of hydrogen-bond acceptors (Lipinski definition) is 3. The van der Waals surface area contributed by atoms with E-state index < -0.39 is 10.6 Å². The smallest absolute Gasteiger partial charge is 0.000792 e. The highest BCUT2D eigenvalue weighted by atomic mass is 32.2. The Bertz CT molecular complexity index is 160. The first kappa shape index (κ1) is 6.08. The molecule has 0 radical (unpaired) electrons. The minimum atomic E-state index is -0.873. The molecule has 0 heterocycles. The second-order valence-corrected chi connectivity index (χ2v) is 3.73. The zero-order valence-corrected chi connectivity index (χ0v) is 5.94. The van der Waals surface area contributed by atoms with Crippen molar-refractivity contribution in [2.75, 3.05) is 7.05 Å². The molecular weight excluding hydrogens is 122 g/mol. The van der Waals surface area contributed by atoms with E-state index in [0.29, 0.717) is 11.2 Å². The van der Waals surface area contributed by atoms with E-state index in [1.807, 2.05) is 0 Å². The van der Waals surface area contributed by atoms with Gasteiger partial charge in [0.15, 0.2) is 0 Å². The van der Waals surface area contributed by atoms with Crippen LogP contribution in [0.5, 0.6) is 0 Å². The van der Waals surface area contributed by atoms with Crippen LogP contribution in [0.25, 0.3) is 0 Å². The molecule has 2 unspecified atom stereocenters. The van der Waals surface area contributed by atoms with Gasteiger partial charge in [-0.3, -0.25) is 0 Å². The normalized spacial score (nSPS) is 39.8. The third-order valence-electron chi connectivity index (χ3n) is 1.47. The van der Waals surface area contributed by atoms with E-state index in [0.717, 1.165) is 6.42 Å². The molecule has 0 aromatic rings. The van der Waals surface area contributed by atoms with E-state index in [1.54, 1.807) is 7.05 Å². The zero-order valence-electron chi connectivity index (χ0n) is 5.13. The van der Waals surface area contributed by atoms with Crippen molar-refractivity contribution in [2.24, 2.45) is 10.3 Å². The maximum absolute atomic E-state index is 10.7. The highest BCUT2D eigenvalue weighted by molar-refractivity contribution is 7.75. The van der Waals surface area contributed by atoms with E-state index in [4.69, 9.17) is 0 Å². The predicted molar refractivity (Wildman–Crippen MR) is 34.0 cm³/mol. The van der Waals surface area contributed by atoms with Crippen LogP contribution in [0.4, 0.5) is 0 Å². The first-order chi connectivity index (χ1) is 3.75. The molecule has 8 heavy (non-hydrogen) atoms. The van der Waals surface area contributed by atoms with Crippen LogP contribution in [0, 0.1) is 5.92 Å². The van der Waals surface area contributed by atoms with Gasteiger partial charge in [0.2, 0.25) is 0 Å². The molecule has 0 N–H and O–H groups in total. The summed E-state index contributed by atoms with van der Waals surface area (Å²) in [6.07, 6.45) is 1.10. The summed E-state index contributed by atoms with van der Waals surface area (Å²) in [7, 11) is 0.740. The Hall–Kier alpha value is -0.0500. The second kappa shape index (κ2) is 2.05. The zero-order chi connectivity index (χ0) is 6.15. The molecule has 0 aromatic carbocycles. The van der Waals surface area contributed by atoms with Gasteiger partial charge < -0.3 is 8.57 Å². The number of rotatable bonds is 1. The lowest BCUT2D eigenvalue weighted by Gasteiger charge is -1.94. The molecule has 0 bridgehead atoms. The molecule has 2 atom stereocenters. The Balaban J connectivity index is 2.52. The summed E-state index contributed by atoms with van der Waals surface area (Å²) in [5, 5.41) is 0.389. The van der Waals surface area contributed by atoms with Crippen LogP contribution in [0.15, 0.2) is 4.36 Å². The average Bonchev–Trinajstić information content (AvgIpc) is 2.45. The fourth-order valence-electron chi connectivity index (χ4n) is 0.704. The van der Waals surface area contributed by atoms with Gasteiger partial charge in [0.05, 0.1) is 0 Å². The molecule has 1 aliphatic rings. The lowest BCUT2D eigenvalue weighted by molar-refractivity contribution is 0.598. The highest BCUT2D eigenvalue weighted by Crippen LogP contribution is 2.32. The van der Waals surface area contributed by atoms with Crippen LogP contribution >= 0.6 is 0 Å². The van der Waals surface area contributed by atoms with Gasteiger partial charge in [-0.1, -0.05) is 24.5 Å². The van der Waals surface area contributed by atoms with Crippen molar-refractivity contribution in [3.8, 4) is 0 Å². The maximum Gasteiger partial charge on any atom is 0.000792 e. The third kappa shape index (κ3) is 1.02. The molecule has 0 amide bonds. The lowest BCUT2D eigenvalue weighted by Crippen LogP contribution is -1.84. The molecule has 48 valence electrons. The van der Waals surface area contributed by atoms with Crippen molar-refractivity contribution < 1.29 is 4.21 Å². The summed E-state index contributed by atoms with van der Waals surface area (Å²) in [4.78, 5) is 0. The Morgan fingerprint density at radius 3 is 2.38 bits per heavy atom. The summed E-state index contributed by atoms with van der Waals surface area (Å²) in [6, 6.07) is 0. The second-order valence-electron chi connectivity index (χ2n) is 2.21. The first-order valence-electron chi connectivity index (χ1n) is 2.76. The van der Waals surface area contributed by atoms with Gasteiger partial charge in [0, 0.05) is 7.05 Å². The van der Waals surface area contributed by atoms with Gasteiger partial charge in [0.1, 0.15) is 0 Å². The fraction of sp³-hybridized carbons (Fsp3) is 1.00. The summed E-state index contributed by atoms with van der Waals surface area (Å²) in [5.41, 5.74) is 0. The van der Waals surface area contributed by atoms with Crippen molar-refractivity contribution >= 4 is 10.6 Å². The lowest BCUT2D eigenvalue weighted by atomic mass is 10.5. The van der Waals surface area contributed by atoms with Crippen molar-refractivity contribution in [3.63, 3.8) is 0 Å². The molecule has 1 saturated carbocycles. The van der Waals surface area contributed by atoms with Crippen LogP contribution in [-0.4, -0.2) is 12.3 Å². The van der Waals surface area contributed by atoms with Crippen LogP contribution in [0.2, 0.25) is 0 Å². The average molecular weight is 132 g/mol. The molecule has 2 nitrogen and oxygen atoms in total. The van der Waals surface area contributed by atoms with Crippen LogP contribution in [0.1, 0.15) is 13.3 Å². The van der Waals surface area contributed by atoms with Crippen LogP contribution in [0.3, 0.4) is 0 Å². The van der Waals surface area contributed by atoms with Crippen molar-refractivity contribution in [1.82, 2.24) is 0 Å². The van der Waals surface area contributed by atoms with Crippen LogP contribution in [-0.2, 0) is 14.8 Å². The van der Waals surface area contributed by atoms with Crippen molar-refractivity contribution in [3.05, 3.63) is 0 Å². The molecule has 0 spiro atoms. The molecule has 0 saturated heterocycles. The standard InChI is InChI=1S/C5H10NOS/c1-4-3-5(4)8(7)6-2/h4-5H,3H2,1-2H3/q-1. The minimum absolute atomic E-state index is 0.389. The Labute approximate surface area is 51.5 Å². The molecule has 1 rings (SSSR count). The largest absolute Gasteiger partial charge is 0.444 e. The van der Waals surface area contributed by atoms with Gasteiger partial charge in [-0.15, -0.1) is 0 Å². The summed E-state index contributed by atoms with van der Waals surface area (Å²) >= 11 is 0. The van der Waals surface area contributed by atoms with Crippen molar-refractivity contribution in [1.29, 1.82) is 0 Å². The summed E-state index contributed by atoms with van der Waals surface area (Å²) in [5.74, 6) is 0.652.